The van der Waals surface area contributed by atoms with Gasteiger partial charge in [-0.1, -0.05) is 301 Å². The van der Waals surface area contributed by atoms with Crippen LogP contribution < -0.4 is 5.32 Å². The van der Waals surface area contributed by atoms with Gasteiger partial charge in [0.05, 0.1) is 51.3 Å². The van der Waals surface area contributed by atoms with Crippen LogP contribution in [0.25, 0.3) is 0 Å². The van der Waals surface area contributed by atoms with Crippen molar-refractivity contribution in [2.45, 2.75) is 263 Å². The van der Waals surface area contributed by atoms with E-state index in [0.717, 1.165) is 60.8 Å². The summed E-state index contributed by atoms with van der Waals surface area (Å²) in [7, 11) is 0. The molecular formula is C69H103NO7. The lowest BCUT2D eigenvalue weighted by Crippen LogP contribution is -2.62. The molecule has 1 fully saturated rings. The molecule has 4 aromatic rings. The van der Waals surface area contributed by atoms with E-state index in [2.05, 4.69) is 67.7 Å². The molecule has 1 saturated heterocycles. The zero-order valence-corrected chi connectivity index (χ0v) is 48.0. The quantitative estimate of drug-likeness (QED) is 0.0336. The molecule has 7 atom stereocenters. The summed E-state index contributed by atoms with van der Waals surface area (Å²) in [5, 5.41) is 15.3. The number of aliphatic hydroxyl groups excluding tert-OH is 1. The molecule has 8 nitrogen and oxygen atoms in total. The predicted molar refractivity (Wildman–Crippen MR) is 318 cm³/mol. The summed E-state index contributed by atoms with van der Waals surface area (Å²) in [5.41, 5.74) is 4.13. The van der Waals surface area contributed by atoms with Crippen LogP contribution in [0.1, 0.15) is 216 Å². The van der Waals surface area contributed by atoms with Gasteiger partial charge in [-0.2, -0.15) is 0 Å². The highest BCUT2D eigenvalue weighted by Crippen LogP contribution is 2.34. The number of carbonyl (C=O) groups excluding carboxylic acids is 1. The standard InChI is InChI=1S/C69H103NO7/c1-3-5-7-9-10-11-12-13-14-15-16-17-18-19-20-21-22-23-24-25-26-27-41-51-66(72)70-62(63(71)50-40-8-6-4-2)52-64-67(74-54-59-44-34-29-35-45-59)69(76-56-61-48-38-31-39-49-61)68(75-55-60-46-36-30-37-47-60)65(77-64)57-73-53-58-42-32-28-33-43-58/h28-40,42-50,62-65,67-69,71H,3-27,41,51-57H2,1-2H3,(H,70,72)/b50-40+/t62-,63+,64+,65+,67-,68-,69+/m0/s1. The lowest BCUT2D eigenvalue weighted by atomic mass is 9.89. The van der Waals surface area contributed by atoms with Crippen LogP contribution in [0, 0.1) is 0 Å². The Bertz CT molecular complexity index is 2020. The van der Waals surface area contributed by atoms with Gasteiger partial charge < -0.3 is 34.1 Å². The van der Waals surface area contributed by atoms with Crippen molar-refractivity contribution >= 4 is 5.91 Å². The van der Waals surface area contributed by atoms with Crippen molar-refractivity contribution in [1.82, 2.24) is 5.32 Å². The molecule has 2 N–H and O–H groups in total. The Morgan fingerprint density at radius 3 is 1.26 bits per heavy atom. The summed E-state index contributed by atoms with van der Waals surface area (Å²) in [6, 6.07) is 40.0. The summed E-state index contributed by atoms with van der Waals surface area (Å²) in [6.07, 6.45) is 34.3. The number of benzene rings is 4. The van der Waals surface area contributed by atoms with E-state index in [-0.39, 0.29) is 18.9 Å². The van der Waals surface area contributed by atoms with Crippen LogP contribution >= 0.6 is 0 Å². The van der Waals surface area contributed by atoms with Gasteiger partial charge in [-0.3, -0.25) is 4.79 Å². The van der Waals surface area contributed by atoms with Gasteiger partial charge in [-0.05, 0) is 41.5 Å². The lowest BCUT2D eigenvalue weighted by molar-refractivity contribution is -0.274. The fraction of sp³-hybridized carbons (Fsp3) is 0.609. The largest absolute Gasteiger partial charge is 0.387 e. The third kappa shape index (κ3) is 28.0. The molecule has 0 bridgehead atoms. The molecule has 0 spiro atoms. The molecule has 0 radical (unpaired) electrons. The average Bonchev–Trinajstić information content (AvgIpc) is 3.46. The van der Waals surface area contributed by atoms with Gasteiger partial charge in [0.2, 0.25) is 5.91 Å². The zero-order valence-electron chi connectivity index (χ0n) is 48.0. The number of aliphatic hydroxyl groups is 1. The Hall–Kier alpha value is -4.15. The minimum atomic E-state index is -0.938. The Labute approximate surface area is 467 Å². The summed E-state index contributed by atoms with van der Waals surface area (Å²) in [6.45, 7) is 6.08. The molecule has 426 valence electrons. The van der Waals surface area contributed by atoms with Crippen LogP contribution in [0.4, 0.5) is 0 Å². The molecule has 0 saturated carbocycles. The van der Waals surface area contributed by atoms with Crippen LogP contribution in [-0.2, 0) is 54.9 Å². The van der Waals surface area contributed by atoms with Crippen molar-refractivity contribution in [3.05, 3.63) is 156 Å². The number of allylic oxidation sites excluding steroid dienone is 1. The fourth-order valence-electron chi connectivity index (χ4n) is 10.7. The van der Waals surface area contributed by atoms with Gasteiger partial charge in [0, 0.05) is 6.42 Å². The number of hydrogen-bond donors (Lipinski definition) is 2. The van der Waals surface area contributed by atoms with Gasteiger partial charge in [0.1, 0.15) is 24.4 Å². The molecule has 4 aromatic carbocycles. The van der Waals surface area contributed by atoms with Gasteiger partial charge in [0.15, 0.2) is 0 Å². The van der Waals surface area contributed by atoms with Crippen molar-refractivity contribution in [2.75, 3.05) is 6.61 Å². The maximum absolute atomic E-state index is 13.9. The average molecular weight is 1060 g/mol. The number of rotatable bonds is 45. The van der Waals surface area contributed by atoms with Crippen LogP contribution in [0.3, 0.4) is 0 Å². The van der Waals surface area contributed by atoms with E-state index < -0.39 is 42.7 Å². The maximum Gasteiger partial charge on any atom is 0.220 e. The van der Waals surface area contributed by atoms with E-state index >= 15 is 0 Å². The molecule has 1 heterocycles. The second kappa shape index (κ2) is 41.8. The van der Waals surface area contributed by atoms with Gasteiger partial charge >= 0.3 is 0 Å². The normalized spacial score (nSPS) is 18.4. The molecule has 5 rings (SSSR count). The van der Waals surface area contributed by atoms with Crippen molar-refractivity contribution < 1.29 is 33.6 Å². The molecule has 1 aliphatic rings. The van der Waals surface area contributed by atoms with E-state index in [4.69, 9.17) is 23.7 Å². The maximum atomic E-state index is 13.9. The van der Waals surface area contributed by atoms with Crippen LogP contribution in [0.15, 0.2) is 133 Å². The number of unbranched alkanes of at least 4 members (excludes halogenated alkanes) is 24. The number of carbonyl (C=O) groups is 1. The number of nitrogens with one attached hydrogen (secondary N) is 1. The van der Waals surface area contributed by atoms with E-state index in [9.17, 15) is 9.90 Å². The second-order valence-corrected chi connectivity index (χ2v) is 22.0. The monoisotopic (exact) mass is 1060 g/mol. The topological polar surface area (TPSA) is 95.5 Å². The van der Waals surface area contributed by atoms with Gasteiger partial charge in [0.25, 0.3) is 0 Å². The SMILES string of the molecule is CCCC/C=C/[C@@H](O)[C@H](C[C@H]1O[C@H](COCc2ccccc2)[C@H](OCc2ccccc2)[C@H](OCc2ccccc2)[C@H]1OCc1ccccc1)NC(=O)CCCCCCCCCCCCCCCCCCCCCCCCC. The molecule has 0 unspecified atom stereocenters. The predicted octanol–water partition coefficient (Wildman–Crippen LogP) is 17.1. The first-order valence-electron chi connectivity index (χ1n) is 30.9. The first-order chi connectivity index (χ1) is 38.0. The van der Waals surface area contributed by atoms with E-state index in [0.29, 0.717) is 32.8 Å². The van der Waals surface area contributed by atoms with Crippen LogP contribution in [-0.4, -0.2) is 60.3 Å². The van der Waals surface area contributed by atoms with E-state index in [1.165, 1.54) is 128 Å². The van der Waals surface area contributed by atoms with Crippen molar-refractivity contribution in [1.29, 1.82) is 0 Å². The highest BCUT2D eigenvalue weighted by Gasteiger charge is 2.49. The Balaban J connectivity index is 1.17. The Morgan fingerprint density at radius 1 is 0.481 bits per heavy atom. The third-order valence-electron chi connectivity index (χ3n) is 15.3. The molecule has 77 heavy (non-hydrogen) atoms. The Morgan fingerprint density at radius 2 is 0.844 bits per heavy atom. The second-order valence-electron chi connectivity index (χ2n) is 22.0. The first-order valence-corrected chi connectivity index (χ1v) is 30.9. The number of hydrogen-bond acceptors (Lipinski definition) is 7. The molecule has 1 amide bonds. The summed E-state index contributed by atoms with van der Waals surface area (Å²) in [4.78, 5) is 13.9. The minimum absolute atomic E-state index is 0.0548. The molecule has 0 aliphatic carbocycles. The fourth-order valence-corrected chi connectivity index (χ4v) is 10.7. The molecular weight excluding hydrogens is 955 g/mol. The third-order valence-corrected chi connectivity index (χ3v) is 15.3. The number of amides is 1. The summed E-state index contributed by atoms with van der Waals surface area (Å²) >= 11 is 0. The number of ether oxygens (including phenoxy) is 5. The zero-order chi connectivity index (χ0) is 54.1. The van der Waals surface area contributed by atoms with Gasteiger partial charge in [-0.25, -0.2) is 0 Å². The highest BCUT2D eigenvalue weighted by molar-refractivity contribution is 5.76. The van der Waals surface area contributed by atoms with Crippen LogP contribution in [0.2, 0.25) is 0 Å². The molecule has 0 aromatic heterocycles. The Kier molecular flexibility index (Phi) is 34.6. The summed E-state index contributed by atoms with van der Waals surface area (Å²) in [5.74, 6) is -0.0548. The lowest BCUT2D eigenvalue weighted by Gasteiger charge is -2.47. The van der Waals surface area contributed by atoms with Crippen molar-refractivity contribution in [3.8, 4) is 0 Å². The first kappa shape index (κ1) is 63.7. The van der Waals surface area contributed by atoms with Crippen molar-refractivity contribution in [3.63, 3.8) is 0 Å². The van der Waals surface area contributed by atoms with Crippen LogP contribution in [0.5, 0.6) is 0 Å². The van der Waals surface area contributed by atoms with Crippen molar-refractivity contribution in [2.24, 2.45) is 0 Å². The molecule has 1 aliphatic heterocycles. The highest BCUT2D eigenvalue weighted by atomic mass is 16.6. The van der Waals surface area contributed by atoms with E-state index in [1.807, 2.05) is 84.9 Å². The van der Waals surface area contributed by atoms with E-state index in [1.54, 1.807) is 0 Å². The van der Waals surface area contributed by atoms with Gasteiger partial charge in [-0.15, -0.1) is 0 Å². The molecule has 8 heteroatoms. The minimum Gasteiger partial charge on any atom is -0.387 e. The smallest absolute Gasteiger partial charge is 0.220 e. The summed E-state index contributed by atoms with van der Waals surface area (Å²) < 4.78 is 34.6.